The monoisotopic (exact) mass is 253 g/mol. The van der Waals surface area contributed by atoms with Gasteiger partial charge in [0, 0.05) is 11.8 Å². The Morgan fingerprint density at radius 3 is 2.56 bits per heavy atom. The molecule has 0 saturated heterocycles. The van der Waals surface area contributed by atoms with Crippen molar-refractivity contribution in [2.75, 3.05) is 5.73 Å². The van der Waals surface area contributed by atoms with Crippen LogP contribution in [0.1, 0.15) is 30.1 Å². The molecule has 0 heterocycles. The number of nitrogens with two attached hydrogens (primary N) is 1. The average molecular weight is 253 g/mol. The third-order valence-corrected chi connectivity index (χ3v) is 2.33. The van der Waals surface area contributed by atoms with Crippen molar-refractivity contribution < 1.29 is 24.5 Å². The maximum Gasteiger partial charge on any atom is 0.344 e. The van der Waals surface area contributed by atoms with Crippen LogP contribution in [0.4, 0.5) is 5.69 Å². The van der Waals surface area contributed by atoms with E-state index in [1.54, 1.807) is 0 Å². The molecule has 1 aromatic rings. The minimum absolute atomic E-state index is 0.0247. The summed E-state index contributed by atoms with van der Waals surface area (Å²) in [7, 11) is 0. The second-order valence-electron chi connectivity index (χ2n) is 3.79. The second kappa shape index (κ2) is 5.90. The molecule has 1 aromatic carbocycles. The van der Waals surface area contributed by atoms with Crippen molar-refractivity contribution in [2.45, 2.75) is 25.9 Å². The molecule has 0 bridgehead atoms. The topological polar surface area (TPSA) is 110 Å². The Morgan fingerprint density at radius 1 is 1.39 bits per heavy atom. The van der Waals surface area contributed by atoms with E-state index >= 15 is 0 Å². The number of aromatic carboxylic acids is 1. The third kappa shape index (κ3) is 3.38. The lowest BCUT2D eigenvalue weighted by Gasteiger charge is -2.16. The van der Waals surface area contributed by atoms with E-state index < -0.39 is 18.0 Å². The van der Waals surface area contributed by atoms with Gasteiger partial charge < -0.3 is 20.7 Å². The number of aliphatic carboxylic acids is 1. The van der Waals surface area contributed by atoms with Crippen molar-refractivity contribution in [1.82, 2.24) is 0 Å². The zero-order chi connectivity index (χ0) is 13.7. The molecule has 0 aliphatic carbocycles. The van der Waals surface area contributed by atoms with Crippen LogP contribution in [0, 0.1) is 0 Å². The predicted molar refractivity (Wildman–Crippen MR) is 64.8 cm³/mol. The minimum atomic E-state index is -1.19. The molecule has 0 aromatic heterocycles. The summed E-state index contributed by atoms with van der Waals surface area (Å²) in [6.07, 6.45) is -0.167. The smallest absolute Gasteiger partial charge is 0.344 e. The maximum atomic E-state index is 11.0. The fourth-order valence-electron chi connectivity index (χ4n) is 1.46. The fraction of sp³-hybridized carbons (Fsp3) is 0.333. The Bertz CT molecular complexity index is 458. The standard InChI is InChI=1S/C12H15NO5/c1-2-3-9(12(16)17)18-10-6-7(13)4-5-8(10)11(14)15/h4-6,9H,2-3,13H2,1H3,(H,14,15)(H,16,17). The molecule has 1 rings (SSSR count). The molecule has 6 heteroatoms. The number of nitrogen functional groups attached to an aromatic ring is 1. The summed E-state index contributed by atoms with van der Waals surface area (Å²) in [6, 6.07) is 4.03. The van der Waals surface area contributed by atoms with Crippen molar-refractivity contribution in [2.24, 2.45) is 0 Å². The van der Waals surface area contributed by atoms with Crippen LogP contribution in [0.3, 0.4) is 0 Å². The summed E-state index contributed by atoms with van der Waals surface area (Å²) in [5.41, 5.74) is 5.74. The molecule has 1 unspecified atom stereocenters. The molecule has 0 saturated carbocycles. The first-order chi connectivity index (χ1) is 8.45. The van der Waals surface area contributed by atoms with E-state index in [4.69, 9.17) is 20.7 Å². The number of hydrogen-bond acceptors (Lipinski definition) is 4. The summed E-state index contributed by atoms with van der Waals surface area (Å²) in [5.74, 6) is -2.34. The third-order valence-electron chi connectivity index (χ3n) is 2.33. The molecule has 0 fully saturated rings. The number of carboxylic acid groups (broad SMARTS) is 2. The zero-order valence-corrected chi connectivity index (χ0v) is 9.92. The number of benzene rings is 1. The molecule has 0 radical (unpaired) electrons. The lowest BCUT2D eigenvalue weighted by molar-refractivity contribution is -0.145. The quantitative estimate of drug-likeness (QED) is 0.664. The Hall–Kier alpha value is -2.24. The summed E-state index contributed by atoms with van der Waals surface area (Å²) in [5, 5.41) is 17.9. The van der Waals surface area contributed by atoms with Crippen LogP contribution in [0.25, 0.3) is 0 Å². The SMILES string of the molecule is CCCC(Oc1cc(N)ccc1C(=O)O)C(=O)O. The normalized spacial score (nSPS) is 11.8. The first-order valence-corrected chi connectivity index (χ1v) is 5.48. The van der Waals surface area contributed by atoms with E-state index in [-0.39, 0.29) is 11.3 Å². The molecule has 0 aliphatic rings. The summed E-state index contributed by atoms with van der Waals surface area (Å²) in [4.78, 5) is 21.9. The van der Waals surface area contributed by atoms with Crippen molar-refractivity contribution >= 4 is 17.6 Å². The molecule has 98 valence electrons. The highest BCUT2D eigenvalue weighted by molar-refractivity contribution is 5.91. The van der Waals surface area contributed by atoms with Crippen molar-refractivity contribution in [1.29, 1.82) is 0 Å². The van der Waals surface area contributed by atoms with E-state index in [2.05, 4.69) is 0 Å². The molecule has 1 atom stereocenters. The van der Waals surface area contributed by atoms with Gasteiger partial charge in [0.1, 0.15) is 11.3 Å². The van der Waals surface area contributed by atoms with Crippen LogP contribution in [0.2, 0.25) is 0 Å². The number of ether oxygens (including phenoxy) is 1. The predicted octanol–water partition coefficient (Wildman–Crippen LogP) is 1.60. The maximum absolute atomic E-state index is 11.0. The molecule has 0 aliphatic heterocycles. The molecular formula is C12H15NO5. The van der Waals surface area contributed by atoms with Gasteiger partial charge in [0.25, 0.3) is 0 Å². The Labute approximate surface area is 104 Å². The molecule has 0 amide bonds. The van der Waals surface area contributed by atoms with Gasteiger partial charge in [-0.3, -0.25) is 0 Å². The van der Waals surface area contributed by atoms with Crippen molar-refractivity contribution in [3.05, 3.63) is 23.8 Å². The highest BCUT2D eigenvalue weighted by Gasteiger charge is 2.21. The molecule has 18 heavy (non-hydrogen) atoms. The van der Waals surface area contributed by atoms with E-state index in [1.807, 2.05) is 6.92 Å². The molecule has 4 N–H and O–H groups in total. The summed E-state index contributed by atoms with van der Waals surface area (Å²) >= 11 is 0. The van der Waals surface area contributed by atoms with Crippen LogP contribution in [-0.2, 0) is 4.79 Å². The van der Waals surface area contributed by atoms with Gasteiger partial charge in [0.2, 0.25) is 0 Å². The minimum Gasteiger partial charge on any atom is -0.479 e. The van der Waals surface area contributed by atoms with Gasteiger partial charge >= 0.3 is 11.9 Å². The van der Waals surface area contributed by atoms with Crippen LogP contribution in [0.15, 0.2) is 18.2 Å². The van der Waals surface area contributed by atoms with Gasteiger partial charge in [0.05, 0.1) is 0 Å². The fourth-order valence-corrected chi connectivity index (χ4v) is 1.46. The number of anilines is 1. The van der Waals surface area contributed by atoms with Crippen molar-refractivity contribution in [3.63, 3.8) is 0 Å². The van der Waals surface area contributed by atoms with Gasteiger partial charge in [0.15, 0.2) is 6.10 Å². The molecular weight excluding hydrogens is 238 g/mol. The van der Waals surface area contributed by atoms with Gasteiger partial charge in [-0.2, -0.15) is 0 Å². The van der Waals surface area contributed by atoms with Crippen LogP contribution >= 0.6 is 0 Å². The van der Waals surface area contributed by atoms with E-state index in [0.717, 1.165) is 0 Å². The Balaban J connectivity index is 3.03. The largest absolute Gasteiger partial charge is 0.479 e. The van der Waals surface area contributed by atoms with E-state index in [9.17, 15) is 9.59 Å². The van der Waals surface area contributed by atoms with Crippen LogP contribution in [-0.4, -0.2) is 28.3 Å². The lowest BCUT2D eigenvalue weighted by atomic mass is 10.1. The summed E-state index contributed by atoms with van der Waals surface area (Å²) in [6.45, 7) is 1.82. The molecule has 0 spiro atoms. The van der Waals surface area contributed by atoms with Gasteiger partial charge in [-0.15, -0.1) is 0 Å². The van der Waals surface area contributed by atoms with Gasteiger partial charge in [-0.05, 0) is 18.6 Å². The number of carboxylic acids is 2. The van der Waals surface area contributed by atoms with Crippen LogP contribution in [0.5, 0.6) is 5.75 Å². The first kappa shape index (κ1) is 13.8. The van der Waals surface area contributed by atoms with Gasteiger partial charge in [-0.1, -0.05) is 13.3 Å². The number of hydrogen-bond donors (Lipinski definition) is 3. The van der Waals surface area contributed by atoms with Crippen LogP contribution < -0.4 is 10.5 Å². The number of carbonyl (C=O) groups is 2. The van der Waals surface area contributed by atoms with E-state index in [0.29, 0.717) is 18.5 Å². The Kier molecular flexibility index (Phi) is 4.53. The highest BCUT2D eigenvalue weighted by Crippen LogP contribution is 2.24. The zero-order valence-electron chi connectivity index (χ0n) is 9.92. The highest BCUT2D eigenvalue weighted by atomic mass is 16.5. The van der Waals surface area contributed by atoms with E-state index in [1.165, 1.54) is 18.2 Å². The lowest BCUT2D eigenvalue weighted by Crippen LogP contribution is -2.27. The number of rotatable bonds is 6. The summed E-state index contributed by atoms with van der Waals surface area (Å²) < 4.78 is 5.23. The Morgan fingerprint density at radius 2 is 2.06 bits per heavy atom. The molecule has 6 nitrogen and oxygen atoms in total. The average Bonchev–Trinajstić information content (AvgIpc) is 2.28. The van der Waals surface area contributed by atoms with Gasteiger partial charge in [-0.25, -0.2) is 9.59 Å². The van der Waals surface area contributed by atoms with Crippen molar-refractivity contribution in [3.8, 4) is 5.75 Å². The second-order valence-corrected chi connectivity index (χ2v) is 3.79. The first-order valence-electron chi connectivity index (χ1n) is 5.48.